The Labute approximate surface area is 118 Å². The molecule has 0 fully saturated rings. The fraction of sp³-hybridized carbons (Fsp3) is 0.267. The van der Waals surface area contributed by atoms with E-state index in [2.05, 4.69) is 9.97 Å². The molecule has 104 valence electrons. The Kier molecular flexibility index (Phi) is 3.70. The highest BCUT2D eigenvalue weighted by Gasteiger charge is 2.17. The first kappa shape index (κ1) is 14.0. The molecule has 0 spiro atoms. The van der Waals surface area contributed by atoms with Crippen LogP contribution in [0.2, 0.25) is 0 Å². The molecule has 2 aromatic rings. The van der Waals surface area contributed by atoms with E-state index in [0.29, 0.717) is 11.4 Å². The number of hydrogen-bond donors (Lipinski definition) is 1. The minimum Gasteiger partial charge on any atom is -0.351 e. The fourth-order valence-electron chi connectivity index (χ4n) is 2.29. The van der Waals surface area contributed by atoms with E-state index in [9.17, 15) is 4.79 Å². The fourth-order valence-corrected chi connectivity index (χ4v) is 2.29. The number of carbonyl (C=O) groups excluding carboxylic acids is 1. The van der Waals surface area contributed by atoms with E-state index in [1.54, 1.807) is 0 Å². The number of carbonyl (C=O) groups is 1. The molecule has 2 rings (SSSR count). The Morgan fingerprint density at radius 3 is 1.40 bits per heavy atom. The molecule has 2 N–H and O–H groups in total. The van der Waals surface area contributed by atoms with Crippen LogP contribution in [-0.2, 0) is 0 Å². The molecular formula is C15H18N4O. The number of aromatic nitrogens is 2. The summed E-state index contributed by atoms with van der Waals surface area (Å²) in [6.07, 6.45) is 0. The lowest BCUT2D eigenvalue weighted by molar-refractivity contribution is 0.256. The minimum atomic E-state index is -0.528. The summed E-state index contributed by atoms with van der Waals surface area (Å²) in [5, 5.41) is 0. The molecule has 0 aromatic carbocycles. The smallest absolute Gasteiger partial charge is 0.323 e. The van der Waals surface area contributed by atoms with Crippen molar-refractivity contribution in [1.82, 2.24) is 9.97 Å². The van der Waals surface area contributed by atoms with Gasteiger partial charge in [-0.25, -0.2) is 4.79 Å². The second-order valence-electron chi connectivity index (χ2n) is 4.89. The zero-order chi connectivity index (χ0) is 14.9. The molecule has 0 aliphatic carbocycles. The van der Waals surface area contributed by atoms with Gasteiger partial charge in [0.25, 0.3) is 0 Å². The molecule has 0 atom stereocenters. The van der Waals surface area contributed by atoms with Gasteiger partial charge in [-0.3, -0.25) is 14.9 Å². The molecule has 0 bridgehead atoms. The highest BCUT2D eigenvalue weighted by atomic mass is 16.2. The maximum atomic E-state index is 11.9. The number of rotatable bonds is 2. The van der Waals surface area contributed by atoms with Crippen LogP contribution < -0.4 is 10.6 Å². The van der Waals surface area contributed by atoms with Gasteiger partial charge in [0.1, 0.15) is 0 Å². The van der Waals surface area contributed by atoms with Gasteiger partial charge in [-0.15, -0.1) is 0 Å². The van der Waals surface area contributed by atoms with Gasteiger partial charge in [0, 0.05) is 22.8 Å². The summed E-state index contributed by atoms with van der Waals surface area (Å²) in [5.74, 6) is 0. The lowest BCUT2D eigenvalue weighted by Gasteiger charge is -2.22. The average Bonchev–Trinajstić information content (AvgIpc) is 2.25. The van der Waals surface area contributed by atoms with Crippen molar-refractivity contribution in [2.45, 2.75) is 27.7 Å². The van der Waals surface area contributed by atoms with Crippen LogP contribution in [0.3, 0.4) is 0 Å². The van der Waals surface area contributed by atoms with Crippen molar-refractivity contribution in [1.29, 1.82) is 0 Å². The highest BCUT2D eigenvalue weighted by Crippen LogP contribution is 2.27. The maximum absolute atomic E-state index is 11.9. The first-order valence-corrected chi connectivity index (χ1v) is 6.37. The Morgan fingerprint density at radius 1 is 0.850 bits per heavy atom. The maximum Gasteiger partial charge on any atom is 0.323 e. The number of urea groups is 1. The monoisotopic (exact) mass is 270 g/mol. The first-order valence-electron chi connectivity index (χ1n) is 6.37. The number of hydrogen-bond acceptors (Lipinski definition) is 3. The third kappa shape index (κ3) is 2.93. The number of pyridine rings is 2. The predicted molar refractivity (Wildman–Crippen MR) is 79.1 cm³/mol. The third-order valence-corrected chi connectivity index (χ3v) is 2.87. The van der Waals surface area contributed by atoms with Crippen LogP contribution in [0.1, 0.15) is 22.8 Å². The van der Waals surface area contributed by atoms with Crippen molar-refractivity contribution < 1.29 is 4.79 Å². The van der Waals surface area contributed by atoms with Crippen LogP contribution in [0.4, 0.5) is 16.2 Å². The molecule has 5 nitrogen and oxygen atoms in total. The molecule has 2 aromatic heterocycles. The summed E-state index contributed by atoms with van der Waals surface area (Å²) in [6.45, 7) is 7.55. The summed E-state index contributed by atoms with van der Waals surface area (Å²) in [4.78, 5) is 22.0. The first-order chi connectivity index (χ1) is 9.36. The van der Waals surface area contributed by atoms with Gasteiger partial charge in [-0.1, -0.05) is 0 Å². The molecule has 0 saturated carbocycles. The van der Waals surface area contributed by atoms with E-state index in [1.807, 2.05) is 52.0 Å². The largest absolute Gasteiger partial charge is 0.351 e. The van der Waals surface area contributed by atoms with E-state index in [-0.39, 0.29) is 0 Å². The molecule has 0 aliphatic rings. The van der Waals surface area contributed by atoms with Gasteiger partial charge in [-0.2, -0.15) is 0 Å². The van der Waals surface area contributed by atoms with Gasteiger partial charge in [0.05, 0.1) is 11.4 Å². The second-order valence-corrected chi connectivity index (χ2v) is 4.89. The van der Waals surface area contributed by atoms with Crippen molar-refractivity contribution >= 4 is 17.4 Å². The summed E-state index contributed by atoms with van der Waals surface area (Å²) < 4.78 is 0. The molecule has 0 saturated heterocycles. The van der Waals surface area contributed by atoms with Gasteiger partial charge in [-0.05, 0) is 52.0 Å². The molecule has 0 unspecified atom stereocenters. The van der Waals surface area contributed by atoms with Gasteiger partial charge >= 0.3 is 6.03 Å². The van der Waals surface area contributed by atoms with Crippen molar-refractivity contribution in [2.75, 3.05) is 4.90 Å². The molecule has 2 heterocycles. The van der Waals surface area contributed by atoms with E-state index >= 15 is 0 Å². The van der Waals surface area contributed by atoms with Crippen molar-refractivity contribution in [2.24, 2.45) is 5.73 Å². The Bertz CT molecular complexity index is 575. The number of nitrogens with zero attached hydrogens (tertiary/aromatic N) is 3. The van der Waals surface area contributed by atoms with E-state index in [1.165, 1.54) is 4.90 Å². The zero-order valence-electron chi connectivity index (χ0n) is 12.1. The zero-order valence-corrected chi connectivity index (χ0v) is 12.1. The Morgan fingerprint density at radius 2 is 1.15 bits per heavy atom. The van der Waals surface area contributed by atoms with Crippen molar-refractivity contribution in [3.05, 3.63) is 47.0 Å². The molecule has 2 amide bonds. The second kappa shape index (κ2) is 5.28. The normalized spacial score (nSPS) is 10.4. The lowest BCUT2D eigenvalue weighted by Crippen LogP contribution is -2.31. The number of anilines is 2. The summed E-state index contributed by atoms with van der Waals surface area (Å²) in [6, 6.07) is 6.82. The topological polar surface area (TPSA) is 72.1 Å². The summed E-state index contributed by atoms with van der Waals surface area (Å²) in [5.41, 5.74) is 10.3. The van der Waals surface area contributed by atoms with Crippen molar-refractivity contribution in [3.63, 3.8) is 0 Å². The predicted octanol–water partition coefficient (Wildman–Crippen LogP) is 2.93. The number of primary amides is 1. The quantitative estimate of drug-likeness (QED) is 0.911. The number of nitrogens with two attached hydrogens (primary N) is 1. The summed E-state index contributed by atoms with van der Waals surface area (Å²) in [7, 11) is 0. The molecular weight excluding hydrogens is 252 g/mol. The van der Waals surface area contributed by atoms with E-state index in [0.717, 1.165) is 22.8 Å². The third-order valence-electron chi connectivity index (χ3n) is 2.87. The van der Waals surface area contributed by atoms with Crippen LogP contribution in [0.5, 0.6) is 0 Å². The van der Waals surface area contributed by atoms with Crippen LogP contribution >= 0.6 is 0 Å². The molecule has 20 heavy (non-hydrogen) atoms. The Balaban J connectivity index is 2.59. The molecule has 0 radical (unpaired) electrons. The van der Waals surface area contributed by atoms with Crippen LogP contribution in [0, 0.1) is 27.7 Å². The minimum absolute atomic E-state index is 0.528. The van der Waals surface area contributed by atoms with E-state index in [4.69, 9.17) is 5.73 Å². The van der Waals surface area contributed by atoms with Crippen molar-refractivity contribution in [3.8, 4) is 0 Å². The molecule has 5 heteroatoms. The van der Waals surface area contributed by atoms with Crippen LogP contribution in [0.15, 0.2) is 24.3 Å². The number of amides is 2. The van der Waals surface area contributed by atoms with Gasteiger partial charge < -0.3 is 5.73 Å². The van der Waals surface area contributed by atoms with Crippen LogP contribution in [0.25, 0.3) is 0 Å². The number of aryl methyl sites for hydroxylation is 4. The molecule has 0 aliphatic heterocycles. The standard InChI is InChI=1S/C15H18N4O/c1-9-5-13(6-10(2)17-9)19(15(16)20)14-7-11(3)18-12(4)8-14/h5-8H,1-4H3,(H2,16,20). The highest BCUT2D eigenvalue weighted by molar-refractivity contribution is 5.98. The van der Waals surface area contributed by atoms with E-state index < -0.39 is 6.03 Å². The SMILES string of the molecule is Cc1cc(N(C(N)=O)c2cc(C)nc(C)c2)cc(C)n1. The average molecular weight is 270 g/mol. The Hall–Kier alpha value is -2.43. The van der Waals surface area contributed by atoms with Crippen LogP contribution in [-0.4, -0.2) is 16.0 Å². The van der Waals surface area contributed by atoms with Gasteiger partial charge in [0.2, 0.25) is 0 Å². The van der Waals surface area contributed by atoms with Gasteiger partial charge in [0.15, 0.2) is 0 Å². The summed E-state index contributed by atoms with van der Waals surface area (Å²) >= 11 is 0. The lowest BCUT2D eigenvalue weighted by atomic mass is 10.2.